The number of halogens is 2. The lowest BCUT2D eigenvalue weighted by Gasteiger charge is -2.02. The Labute approximate surface area is 97.6 Å². The van der Waals surface area contributed by atoms with Crippen molar-refractivity contribution in [2.75, 3.05) is 0 Å². The standard InChI is InChI=1S/C10H9Cl2N3/c1-7-2-3-9(4-10(7)12)15-6-8(5-11)13-14-15/h2-4,6H,5H2,1H3. The number of hydrogen-bond donors (Lipinski definition) is 0. The molecule has 1 aromatic carbocycles. The molecule has 1 aromatic heterocycles. The molecule has 0 N–H and O–H groups in total. The van der Waals surface area contributed by atoms with Gasteiger partial charge in [-0.05, 0) is 24.6 Å². The quantitative estimate of drug-likeness (QED) is 0.758. The fraction of sp³-hybridized carbons (Fsp3) is 0.200. The van der Waals surface area contributed by atoms with Gasteiger partial charge in [0.05, 0.1) is 23.5 Å². The van der Waals surface area contributed by atoms with Crippen LogP contribution in [0.3, 0.4) is 0 Å². The summed E-state index contributed by atoms with van der Waals surface area (Å²) < 4.78 is 1.66. The third-order valence-electron chi connectivity index (χ3n) is 2.10. The van der Waals surface area contributed by atoms with Crippen LogP contribution >= 0.6 is 23.2 Å². The summed E-state index contributed by atoms with van der Waals surface area (Å²) in [4.78, 5) is 0. The molecule has 0 aliphatic carbocycles. The summed E-state index contributed by atoms with van der Waals surface area (Å²) >= 11 is 11.7. The van der Waals surface area contributed by atoms with E-state index in [-0.39, 0.29) is 0 Å². The van der Waals surface area contributed by atoms with Gasteiger partial charge in [0, 0.05) is 5.02 Å². The van der Waals surface area contributed by atoms with Crippen LogP contribution in [0, 0.1) is 6.92 Å². The lowest BCUT2D eigenvalue weighted by atomic mass is 10.2. The van der Waals surface area contributed by atoms with E-state index in [1.54, 1.807) is 10.9 Å². The predicted molar refractivity (Wildman–Crippen MR) is 60.7 cm³/mol. The summed E-state index contributed by atoms with van der Waals surface area (Å²) in [6, 6.07) is 5.73. The maximum Gasteiger partial charge on any atom is 0.0979 e. The van der Waals surface area contributed by atoms with Crippen molar-refractivity contribution in [1.29, 1.82) is 0 Å². The van der Waals surface area contributed by atoms with Crippen molar-refractivity contribution in [3.8, 4) is 5.69 Å². The number of nitrogens with zero attached hydrogens (tertiary/aromatic N) is 3. The van der Waals surface area contributed by atoms with Crippen LogP contribution < -0.4 is 0 Å². The molecule has 3 nitrogen and oxygen atoms in total. The molecule has 0 aliphatic heterocycles. The Kier molecular flexibility index (Phi) is 2.93. The van der Waals surface area contributed by atoms with Crippen molar-refractivity contribution in [3.63, 3.8) is 0 Å². The summed E-state index contributed by atoms with van der Waals surface area (Å²) in [5, 5.41) is 8.57. The lowest BCUT2D eigenvalue weighted by molar-refractivity contribution is 0.800. The van der Waals surface area contributed by atoms with Crippen LogP contribution in [0.5, 0.6) is 0 Å². The summed E-state index contributed by atoms with van der Waals surface area (Å²) in [5.74, 6) is 0.361. The Balaban J connectivity index is 2.40. The summed E-state index contributed by atoms with van der Waals surface area (Å²) in [6.45, 7) is 1.96. The van der Waals surface area contributed by atoms with Gasteiger partial charge in [0.25, 0.3) is 0 Å². The number of aromatic nitrogens is 3. The molecular weight excluding hydrogens is 233 g/mol. The predicted octanol–water partition coefficient (Wildman–Crippen LogP) is 2.97. The van der Waals surface area contributed by atoms with E-state index >= 15 is 0 Å². The van der Waals surface area contributed by atoms with Crippen molar-refractivity contribution in [3.05, 3.63) is 40.7 Å². The fourth-order valence-corrected chi connectivity index (χ4v) is 1.51. The van der Waals surface area contributed by atoms with Gasteiger partial charge in [-0.15, -0.1) is 16.7 Å². The van der Waals surface area contributed by atoms with Gasteiger partial charge in [-0.3, -0.25) is 0 Å². The molecule has 0 amide bonds. The summed E-state index contributed by atoms with van der Waals surface area (Å²) in [5.41, 5.74) is 2.67. The van der Waals surface area contributed by atoms with Gasteiger partial charge in [-0.2, -0.15) is 0 Å². The minimum Gasteiger partial charge on any atom is -0.220 e. The van der Waals surface area contributed by atoms with Crippen LogP contribution in [-0.2, 0) is 5.88 Å². The molecule has 0 radical (unpaired) electrons. The van der Waals surface area contributed by atoms with Gasteiger partial charge in [-0.25, -0.2) is 4.68 Å². The minimum absolute atomic E-state index is 0.361. The topological polar surface area (TPSA) is 30.7 Å². The largest absolute Gasteiger partial charge is 0.220 e. The maximum atomic E-state index is 6.02. The van der Waals surface area contributed by atoms with Crippen LogP contribution in [-0.4, -0.2) is 15.0 Å². The number of alkyl halides is 1. The Morgan fingerprint density at radius 2 is 2.20 bits per heavy atom. The average molecular weight is 242 g/mol. The maximum absolute atomic E-state index is 6.02. The second-order valence-electron chi connectivity index (χ2n) is 3.22. The first-order chi connectivity index (χ1) is 7.20. The zero-order valence-corrected chi connectivity index (χ0v) is 9.63. The zero-order valence-electron chi connectivity index (χ0n) is 8.11. The lowest BCUT2D eigenvalue weighted by Crippen LogP contribution is -1.94. The summed E-state index contributed by atoms with van der Waals surface area (Å²) in [6.07, 6.45) is 1.79. The van der Waals surface area contributed by atoms with E-state index in [1.165, 1.54) is 0 Å². The van der Waals surface area contributed by atoms with Crippen molar-refractivity contribution in [2.24, 2.45) is 0 Å². The Hall–Kier alpha value is -1.06. The van der Waals surface area contributed by atoms with Gasteiger partial charge in [0.2, 0.25) is 0 Å². The van der Waals surface area contributed by atoms with E-state index in [4.69, 9.17) is 23.2 Å². The average Bonchev–Trinajstić information content (AvgIpc) is 2.70. The van der Waals surface area contributed by atoms with Gasteiger partial charge < -0.3 is 0 Å². The third-order valence-corrected chi connectivity index (χ3v) is 2.78. The summed E-state index contributed by atoms with van der Waals surface area (Å²) in [7, 11) is 0. The Morgan fingerprint density at radius 3 is 2.80 bits per heavy atom. The molecule has 0 saturated heterocycles. The van der Waals surface area contributed by atoms with Gasteiger partial charge >= 0.3 is 0 Å². The van der Waals surface area contributed by atoms with E-state index in [1.807, 2.05) is 25.1 Å². The number of benzene rings is 1. The highest BCUT2D eigenvalue weighted by Crippen LogP contribution is 2.18. The molecule has 0 bridgehead atoms. The molecular formula is C10H9Cl2N3. The van der Waals surface area contributed by atoms with Crippen molar-refractivity contribution in [2.45, 2.75) is 12.8 Å². The van der Waals surface area contributed by atoms with E-state index < -0.39 is 0 Å². The number of aryl methyl sites for hydroxylation is 1. The molecule has 0 atom stereocenters. The highest BCUT2D eigenvalue weighted by atomic mass is 35.5. The fourth-order valence-electron chi connectivity index (χ4n) is 1.21. The molecule has 0 fully saturated rings. The highest BCUT2D eigenvalue weighted by Gasteiger charge is 2.03. The number of hydrogen-bond acceptors (Lipinski definition) is 2. The zero-order chi connectivity index (χ0) is 10.8. The van der Waals surface area contributed by atoms with Crippen LogP contribution in [0.1, 0.15) is 11.3 Å². The third kappa shape index (κ3) is 2.13. The molecule has 2 rings (SSSR count). The van der Waals surface area contributed by atoms with Crippen LogP contribution in [0.4, 0.5) is 0 Å². The molecule has 5 heteroatoms. The van der Waals surface area contributed by atoms with E-state index in [0.717, 1.165) is 22.0 Å². The number of rotatable bonds is 2. The van der Waals surface area contributed by atoms with E-state index in [2.05, 4.69) is 10.3 Å². The minimum atomic E-state index is 0.361. The van der Waals surface area contributed by atoms with Crippen LogP contribution in [0.25, 0.3) is 5.69 Å². The van der Waals surface area contributed by atoms with Gasteiger partial charge in [0.15, 0.2) is 0 Å². The van der Waals surface area contributed by atoms with Gasteiger partial charge in [-0.1, -0.05) is 22.9 Å². The first-order valence-corrected chi connectivity index (χ1v) is 5.35. The Morgan fingerprint density at radius 1 is 1.40 bits per heavy atom. The normalized spacial score (nSPS) is 10.6. The first-order valence-electron chi connectivity index (χ1n) is 4.44. The second kappa shape index (κ2) is 4.21. The van der Waals surface area contributed by atoms with Crippen LogP contribution in [0.2, 0.25) is 5.02 Å². The molecule has 15 heavy (non-hydrogen) atoms. The molecule has 0 unspecified atom stereocenters. The first kappa shape index (κ1) is 10.5. The molecule has 1 heterocycles. The molecule has 2 aromatic rings. The molecule has 0 aliphatic rings. The van der Waals surface area contributed by atoms with Gasteiger partial charge in [0.1, 0.15) is 0 Å². The van der Waals surface area contributed by atoms with Crippen molar-refractivity contribution in [1.82, 2.24) is 15.0 Å². The second-order valence-corrected chi connectivity index (χ2v) is 3.90. The molecule has 0 saturated carbocycles. The monoisotopic (exact) mass is 241 g/mol. The van der Waals surface area contributed by atoms with E-state index in [9.17, 15) is 0 Å². The van der Waals surface area contributed by atoms with Crippen LogP contribution in [0.15, 0.2) is 24.4 Å². The van der Waals surface area contributed by atoms with Crippen molar-refractivity contribution >= 4 is 23.2 Å². The van der Waals surface area contributed by atoms with E-state index in [0.29, 0.717) is 5.88 Å². The molecule has 0 spiro atoms. The highest BCUT2D eigenvalue weighted by molar-refractivity contribution is 6.31. The SMILES string of the molecule is Cc1ccc(-n2cc(CCl)nn2)cc1Cl. The Bertz CT molecular complexity index is 479. The smallest absolute Gasteiger partial charge is 0.0979 e. The molecule has 78 valence electrons. The van der Waals surface area contributed by atoms with Crippen molar-refractivity contribution < 1.29 is 0 Å².